The Balaban J connectivity index is 1.38. The van der Waals surface area contributed by atoms with E-state index in [0.717, 1.165) is 38.5 Å². The van der Waals surface area contributed by atoms with Crippen LogP contribution < -0.4 is 5.32 Å². The van der Waals surface area contributed by atoms with Crippen LogP contribution in [0.15, 0.2) is 49.1 Å². The molecule has 0 radical (unpaired) electrons. The van der Waals surface area contributed by atoms with Gasteiger partial charge in [0.15, 0.2) is 0 Å². The average Bonchev–Trinajstić information content (AvgIpc) is 3.19. The Hall–Kier alpha value is -2.87. The molecule has 0 unspecified atom stereocenters. The number of para-hydroxylation sites is 1. The number of fused-ring (bicyclic) bond motifs is 5. The molecule has 3 aliphatic carbocycles. The van der Waals surface area contributed by atoms with Crippen molar-refractivity contribution in [2.45, 2.75) is 58.4 Å². The van der Waals surface area contributed by atoms with Crippen LogP contribution in [0.5, 0.6) is 0 Å². The van der Waals surface area contributed by atoms with E-state index in [-0.39, 0.29) is 34.6 Å². The number of nitrogens with zero attached hydrogens (tertiary/aromatic N) is 2. The highest BCUT2D eigenvalue weighted by atomic mass is 16.2. The number of amides is 2. The first kappa shape index (κ1) is 22.9. The van der Waals surface area contributed by atoms with Crippen LogP contribution in [-0.2, 0) is 9.59 Å². The van der Waals surface area contributed by atoms with Crippen LogP contribution in [0.3, 0.4) is 0 Å². The summed E-state index contributed by atoms with van der Waals surface area (Å²) in [6.07, 6.45) is 12.1. The molecule has 1 aliphatic heterocycles. The van der Waals surface area contributed by atoms with Gasteiger partial charge in [-0.25, -0.2) is 0 Å². The number of nitrogens with one attached hydrogen (secondary N) is 1. The van der Waals surface area contributed by atoms with E-state index in [4.69, 9.17) is 0 Å². The van der Waals surface area contributed by atoms with E-state index < -0.39 is 0 Å². The average molecular weight is 458 g/mol. The fourth-order valence-corrected chi connectivity index (χ4v) is 8.29. The summed E-state index contributed by atoms with van der Waals surface area (Å²) in [6, 6.07) is 9.66. The molecule has 0 spiro atoms. The maximum absolute atomic E-state index is 13.5. The first-order valence-electron chi connectivity index (χ1n) is 12.7. The van der Waals surface area contributed by atoms with Crippen molar-refractivity contribution in [2.24, 2.45) is 34.5 Å². The molecule has 0 aromatic heterocycles. The molecule has 1 aromatic rings. The molecular weight excluding hydrogens is 422 g/mol. The van der Waals surface area contributed by atoms with Gasteiger partial charge in [-0.15, -0.1) is 6.58 Å². The predicted octanol–water partition coefficient (Wildman–Crippen LogP) is 5.31. The summed E-state index contributed by atoms with van der Waals surface area (Å²) in [5, 5.41) is 12.5. The van der Waals surface area contributed by atoms with Crippen molar-refractivity contribution in [1.82, 2.24) is 4.90 Å². The number of rotatable bonds is 4. The highest BCUT2D eigenvalue weighted by Crippen LogP contribution is 2.65. The van der Waals surface area contributed by atoms with Crippen LogP contribution in [0.1, 0.15) is 57.9 Å². The van der Waals surface area contributed by atoms with Gasteiger partial charge >= 0.3 is 0 Å². The fourth-order valence-electron chi connectivity index (χ4n) is 8.29. The van der Waals surface area contributed by atoms with Crippen molar-refractivity contribution in [3.8, 4) is 6.07 Å². The molecule has 4 aliphatic rings. The summed E-state index contributed by atoms with van der Waals surface area (Å²) in [7, 11) is 0. The minimum absolute atomic E-state index is 0.0206. The van der Waals surface area contributed by atoms with Crippen molar-refractivity contribution < 1.29 is 9.59 Å². The second-order valence-corrected chi connectivity index (χ2v) is 11.3. The van der Waals surface area contributed by atoms with Gasteiger partial charge in [0, 0.05) is 23.9 Å². The zero-order valence-corrected chi connectivity index (χ0v) is 20.3. The van der Waals surface area contributed by atoms with Crippen LogP contribution in [-0.4, -0.2) is 29.3 Å². The lowest BCUT2D eigenvalue weighted by molar-refractivity contribution is -0.142. The third kappa shape index (κ3) is 3.34. The van der Waals surface area contributed by atoms with Gasteiger partial charge in [0.05, 0.1) is 11.3 Å². The van der Waals surface area contributed by atoms with Crippen molar-refractivity contribution in [3.05, 3.63) is 54.6 Å². The van der Waals surface area contributed by atoms with E-state index in [2.05, 4.69) is 37.9 Å². The highest BCUT2D eigenvalue weighted by Gasteiger charge is 2.61. The fraction of sp³-hybridized carbons (Fsp3) is 0.552. The largest absolute Gasteiger partial charge is 0.332 e. The first-order chi connectivity index (χ1) is 16.3. The van der Waals surface area contributed by atoms with Crippen LogP contribution in [0.25, 0.3) is 0 Å². The number of benzene rings is 1. The summed E-state index contributed by atoms with van der Waals surface area (Å²) in [5.41, 5.74) is 1.08. The standard InChI is InChI=1S/C29H35N3O2/c1-4-17-32-25-12-9-20-21-10-11-23(27(34)31-24-8-6-5-7-19(24)18-30)28(21,2)15-13-22(20)29(25,3)16-14-26(32)33/h4-8,14,16,20-23,25H,1,9-13,15,17H2,2-3H3,(H,31,34)/t20-,21-,22-,23+,25+,28-,29+/m0/s1. The van der Waals surface area contributed by atoms with Crippen molar-refractivity contribution in [2.75, 3.05) is 11.9 Å². The molecule has 0 saturated heterocycles. The zero-order chi connectivity index (χ0) is 24.1. The predicted molar refractivity (Wildman–Crippen MR) is 133 cm³/mol. The van der Waals surface area contributed by atoms with Gasteiger partial charge in [0.2, 0.25) is 11.8 Å². The normalized spacial score (nSPS) is 38.3. The van der Waals surface area contributed by atoms with Gasteiger partial charge in [-0.05, 0) is 79.9 Å². The Morgan fingerprint density at radius 3 is 2.76 bits per heavy atom. The van der Waals surface area contributed by atoms with E-state index in [1.807, 2.05) is 29.2 Å². The first-order valence-corrected chi connectivity index (χ1v) is 12.7. The summed E-state index contributed by atoms with van der Waals surface area (Å²) < 4.78 is 0. The Morgan fingerprint density at radius 2 is 2.00 bits per heavy atom. The van der Waals surface area contributed by atoms with Gasteiger partial charge in [-0.3, -0.25) is 9.59 Å². The molecule has 1 heterocycles. The molecule has 1 aromatic carbocycles. The number of nitriles is 1. The topological polar surface area (TPSA) is 73.2 Å². The second-order valence-electron chi connectivity index (χ2n) is 11.3. The Labute approximate surface area is 202 Å². The van der Waals surface area contributed by atoms with Crippen LogP contribution in [0.4, 0.5) is 5.69 Å². The number of hydrogen-bond acceptors (Lipinski definition) is 3. The van der Waals surface area contributed by atoms with E-state index >= 15 is 0 Å². The molecule has 5 rings (SSSR count). The lowest BCUT2D eigenvalue weighted by atomic mass is 9.47. The molecule has 5 heteroatoms. The van der Waals surface area contributed by atoms with E-state index in [0.29, 0.717) is 35.5 Å². The summed E-state index contributed by atoms with van der Waals surface area (Å²) in [4.78, 5) is 28.1. The van der Waals surface area contributed by atoms with Gasteiger partial charge in [0.1, 0.15) is 6.07 Å². The quantitative estimate of drug-likeness (QED) is 0.623. The lowest BCUT2D eigenvalue weighted by Crippen LogP contribution is -2.60. The molecular formula is C29H35N3O2. The maximum atomic E-state index is 13.5. The highest BCUT2D eigenvalue weighted by molar-refractivity contribution is 5.94. The molecule has 178 valence electrons. The molecule has 2 amide bonds. The minimum Gasteiger partial charge on any atom is -0.332 e. The molecule has 34 heavy (non-hydrogen) atoms. The van der Waals surface area contributed by atoms with E-state index in [1.54, 1.807) is 12.1 Å². The summed E-state index contributed by atoms with van der Waals surface area (Å²) in [5.74, 6) is 1.76. The monoisotopic (exact) mass is 457 g/mol. The third-order valence-electron chi connectivity index (χ3n) is 9.92. The van der Waals surface area contributed by atoms with Gasteiger partial charge in [-0.2, -0.15) is 5.26 Å². The van der Waals surface area contributed by atoms with E-state index in [1.165, 1.54) is 0 Å². The lowest BCUT2D eigenvalue weighted by Gasteiger charge is -2.60. The molecule has 1 N–H and O–H groups in total. The second kappa shape index (κ2) is 8.41. The van der Waals surface area contributed by atoms with Gasteiger partial charge in [-0.1, -0.05) is 38.1 Å². The van der Waals surface area contributed by atoms with Gasteiger partial charge < -0.3 is 10.2 Å². The zero-order valence-electron chi connectivity index (χ0n) is 20.3. The number of carbonyl (C=O) groups is 2. The van der Waals surface area contributed by atoms with Crippen LogP contribution >= 0.6 is 0 Å². The van der Waals surface area contributed by atoms with E-state index in [9.17, 15) is 14.9 Å². The maximum Gasteiger partial charge on any atom is 0.246 e. The van der Waals surface area contributed by atoms with Gasteiger partial charge in [0.25, 0.3) is 0 Å². The number of anilines is 1. The Kier molecular flexibility index (Phi) is 5.67. The SMILES string of the molecule is C=CCN1C(=O)C=C[C@]2(C)[C@H]3CC[C@]4(C)[C@@H](C(=O)Nc5ccccc5C#N)CC[C@H]4[C@@H]3CC[C@@H]12. The number of carbonyl (C=O) groups excluding carboxylic acids is 2. The van der Waals surface area contributed by atoms with Crippen LogP contribution in [0, 0.1) is 45.8 Å². The summed E-state index contributed by atoms with van der Waals surface area (Å²) in [6.45, 7) is 9.17. The van der Waals surface area contributed by atoms with Crippen molar-refractivity contribution in [1.29, 1.82) is 5.26 Å². The number of hydrogen-bond donors (Lipinski definition) is 1. The third-order valence-corrected chi connectivity index (χ3v) is 9.92. The van der Waals surface area contributed by atoms with Crippen molar-refractivity contribution >= 4 is 17.5 Å². The summed E-state index contributed by atoms with van der Waals surface area (Å²) >= 11 is 0. The molecule has 3 fully saturated rings. The Morgan fingerprint density at radius 1 is 1.21 bits per heavy atom. The van der Waals surface area contributed by atoms with Crippen LogP contribution in [0.2, 0.25) is 0 Å². The smallest absolute Gasteiger partial charge is 0.246 e. The Bertz CT molecular complexity index is 1090. The van der Waals surface area contributed by atoms with Crippen molar-refractivity contribution in [3.63, 3.8) is 0 Å². The minimum atomic E-state index is -0.0310. The molecule has 0 bridgehead atoms. The molecule has 3 saturated carbocycles. The molecule has 5 nitrogen and oxygen atoms in total. The molecule has 7 atom stereocenters.